The maximum Gasteiger partial charge on any atom is 0.323 e. The van der Waals surface area contributed by atoms with Crippen LogP contribution in [0.1, 0.15) is 17.3 Å². The first-order valence-corrected chi connectivity index (χ1v) is 9.55. The molecule has 138 valence electrons. The van der Waals surface area contributed by atoms with Crippen molar-refractivity contribution in [1.29, 1.82) is 0 Å². The molecule has 1 heterocycles. The van der Waals surface area contributed by atoms with E-state index in [9.17, 15) is 9.59 Å². The second kappa shape index (κ2) is 7.62. The summed E-state index contributed by atoms with van der Waals surface area (Å²) in [4.78, 5) is 28.1. The fourth-order valence-corrected chi connectivity index (χ4v) is 3.74. The van der Waals surface area contributed by atoms with Gasteiger partial charge in [0.15, 0.2) is 5.78 Å². The number of amides is 2. The van der Waals surface area contributed by atoms with Gasteiger partial charge in [0.1, 0.15) is 5.01 Å². The van der Waals surface area contributed by atoms with Gasteiger partial charge in [0.25, 0.3) is 0 Å². The van der Waals surface area contributed by atoms with E-state index in [1.54, 1.807) is 35.6 Å². The number of rotatable bonds is 4. The van der Waals surface area contributed by atoms with Crippen molar-refractivity contribution >= 4 is 44.7 Å². The third-order valence-electron chi connectivity index (χ3n) is 4.23. The molecule has 2 amide bonds. The third kappa shape index (κ3) is 3.92. The molecule has 0 atom stereocenters. The zero-order valence-corrected chi connectivity index (χ0v) is 15.9. The van der Waals surface area contributed by atoms with Crippen LogP contribution in [0.5, 0.6) is 0 Å². The number of Topliss-reactive ketones (excluding diaryl/α,β-unsaturated/α-hetero) is 1. The standard InChI is InChI=1S/C22H17N3O2S/c1-14(26)15-6-10-17(11-7-15)23-22(27)24-18-12-8-16(9-13-18)21-25-19-4-2-3-5-20(19)28-21/h2-13H,1H3,(H2,23,24,27). The van der Waals surface area contributed by atoms with Crippen molar-refractivity contribution < 1.29 is 9.59 Å². The molecule has 0 fully saturated rings. The molecule has 0 bridgehead atoms. The molecule has 2 N–H and O–H groups in total. The number of hydrogen-bond acceptors (Lipinski definition) is 4. The van der Waals surface area contributed by atoms with Gasteiger partial charge < -0.3 is 10.6 Å². The molecule has 0 spiro atoms. The number of nitrogens with zero attached hydrogens (tertiary/aromatic N) is 1. The van der Waals surface area contributed by atoms with E-state index in [0.29, 0.717) is 16.9 Å². The number of nitrogens with one attached hydrogen (secondary N) is 2. The van der Waals surface area contributed by atoms with Crippen molar-refractivity contribution in [3.8, 4) is 10.6 Å². The Hall–Kier alpha value is -3.51. The van der Waals surface area contributed by atoms with Crippen LogP contribution in [0.25, 0.3) is 20.8 Å². The Balaban J connectivity index is 1.42. The van der Waals surface area contributed by atoms with Crippen LogP contribution in [-0.4, -0.2) is 16.8 Å². The highest BCUT2D eigenvalue weighted by molar-refractivity contribution is 7.21. The molecular formula is C22H17N3O2S. The number of hydrogen-bond donors (Lipinski definition) is 2. The number of carbonyl (C=O) groups is 2. The summed E-state index contributed by atoms with van der Waals surface area (Å²) in [5.74, 6) is -0.00998. The lowest BCUT2D eigenvalue weighted by Crippen LogP contribution is -2.19. The summed E-state index contributed by atoms with van der Waals surface area (Å²) in [6.45, 7) is 1.51. The van der Waals surface area contributed by atoms with Gasteiger partial charge in [-0.05, 0) is 67.6 Å². The van der Waals surface area contributed by atoms with Crippen LogP contribution in [-0.2, 0) is 0 Å². The van der Waals surface area contributed by atoms with Gasteiger partial charge in [-0.25, -0.2) is 9.78 Å². The van der Waals surface area contributed by atoms with Crippen LogP contribution in [0, 0.1) is 0 Å². The zero-order chi connectivity index (χ0) is 19.5. The van der Waals surface area contributed by atoms with E-state index in [2.05, 4.69) is 21.7 Å². The fourth-order valence-electron chi connectivity index (χ4n) is 2.77. The topological polar surface area (TPSA) is 71.1 Å². The highest BCUT2D eigenvalue weighted by Gasteiger charge is 2.07. The average Bonchev–Trinajstić information content (AvgIpc) is 3.13. The minimum absolute atomic E-state index is 0.00998. The van der Waals surface area contributed by atoms with Gasteiger partial charge in [-0.3, -0.25) is 4.79 Å². The van der Waals surface area contributed by atoms with Crippen LogP contribution in [0.2, 0.25) is 0 Å². The monoisotopic (exact) mass is 387 g/mol. The SMILES string of the molecule is CC(=O)c1ccc(NC(=O)Nc2ccc(-c3nc4ccccc4s3)cc2)cc1. The lowest BCUT2D eigenvalue weighted by molar-refractivity contribution is 0.101. The molecule has 5 nitrogen and oxygen atoms in total. The number of thiazole rings is 1. The van der Waals surface area contributed by atoms with Crippen molar-refractivity contribution in [1.82, 2.24) is 4.98 Å². The number of para-hydroxylation sites is 1. The van der Waals surface area contributed by atoms with E-state index < -0.39 is 0 Å². The molecule has 0 aliphatic heterocycles. The molecule has 4 rings (SSSR count). The summed E-state index contributed by atoms with van der Waals surface area (Å²) >= 11 is 1.64. The van der Waals surface area contributed by atoms with Crippen molar-refractivity contribution in [3.63, 3.8) is 0 Å². The van der Waals surface area contributed by atoms with Gasteiger partial charge in [-0.2, -0.15) is 0 Å². The van der Waals surface area contributed by atoms with Gasteiger partial charge >= 0.3 is 6.03 Å². The van der Waals surface area contributed by atoms with Crippen molar-refractivity contribution in [3.05, 3.63) is 78.4 Å². The number of ketones is 1. The first-order chi connectivity index (χ1) is 13.6. The molecule has 0 aliphatic carbocycles. The predicted molar refractivity (Wildman–Crippen MR) is 114 cm³/mol. The van der Waals surface area contributed by atoms with Crippen molar-refractivity contribution in [2.24, 2.45) is 0 Å². The average molecular weight is 387 g/mol. The minimum atomic E-state index is -0.344. The molecule has 0 radical (unpaired) electrons. The first-order valence-electron chi connectivity index (χ1n) is 8.73. The maximum absolute atomic E-state index is 12.2. The van der Waals surface area contributed by atoms with Crippen LogP contribution in [0.15, 0.2) is 72.8 Å². The Kier molecular flexibility index (Phi) is 4.87. The largest absolute Gasteiger partial charge is 0.323 e. The van der Waals surface area contributed by atoms with E-state index >= 15 is 0 Å². The summed E-state index contributed by atoms with van der Waals surface area (Å²) in [5, 5.41) is 6.50. The number of urea groups is 1. The van der Waals surface area contributed by atoms with Crippen LogP contribution in [0.4, 0.5) is 16.2 Å². The van der Waals surface area contributed by atoms with Crippen molar-refractivity contribution in [2.45, 2.75) is 6.92 Å². The predicted octanol–water partition coefficient (Wildman–Crippen LogP) is 5.81. The van der Waals surface area contributed by atoms with E-state index in [4.69, 9.17) is 0 Å². The zero-order valence-electron chi connectivity index (χ0n) is 15.1. The maximum atomic E-state index is 12.2. The highest BCUT2D eigenvalue weighted by Crippen LogP contribution is 2.30. The molecule has 0 saturated heterocycles. The molecule has 0 saturated carbocycles. The number of aromatic nitrogens is 1. The Bertz CT molecular complexity index is 1120. The molecule has 3 aromatic carbocycles. The molecule has 6 heteroatoms. The number of carbonyl (C=O) groups excluding carboxylic acids is 2. The summed E-state index contributed by atoms with van der Waals surface area (Å²) in [7, 11) is 0. The molecular weight excluding hydrogens is 370 g/mol. The molecule has 28 heavy (non-hydrogen) atoms. The van der Waals surface area contributed by atoms with Gasteiger partial charge in [0, 0.05) is 22.5 Å². The van der Waals surface area contributed by atoms with E-state index in [0.717, 1.165) is 20.8 Å². The Morgan fingerprint density at radius 1 is 0.821 bits per heavy atom. The molecule has 0 unspecified atom stereocenters. The van der Waals surface area contributed by atoms with E-state index in [1.807, 2.05) is 42.5 Å². The third-order valence-corrected chi connectivity index (χ3v) is 5.32. The lowest BCUT2D eigenvalue weighted by Gasteiger charge is -2.08. The minimum Gasteiger partial charge on any atom is -0.308 e. The Morgan fingerprint density at radius 2 is 1.43 bits per heavy atom. The second-order valence-electron chi connectivity index (χ2n) is 6.28. The number of anilines is 2. The molecule has 4 aromatic rings. The van der Waals surface area contributed by atoms with E-state index in [-0.39, 0.29) is 11.8 Å². The van der Waals surface area contributed by atoms with Gasteiger partial charge in [-0.1, -0.05) is 12.1 Å². The number of fused-ring (bicyclic) bond motifs is 1. The summed E-state index contributed by atoms with van der Waals surface area (Å²) in [5.41, 5.74) is 3.90. The van der Waals surface area contributed by atoms with Gasteiger partial charge in [0.05, 0.1) is 10.2 Å². The number of benzene rings is 3. The highest BCUT2D eigenvalue weighted by atomic mass is 32.1. The smallest absolute Gasteiger partial charge is 0.308 e. The van der Waals surface area contributed by atoms with Crippen LogP contribution < -0.4 is 10.6 Å². The van der Waals surface area contributed by atoms with Crippen LogP contribution >= 0.6 is 11.3 Å². The summed E-state index contributed by atoms with van der Waals surface area (Å²) in [6.07, 6.45) is 0. The molecule has 1 aromatic heterocycles. The van der Waals surface area contributed by atoms with Gasteiger partial charge in [-0.15, -0.1) is 11.3 Å². The van der Waals surface area contributed by atoms with E-state index in [1.165, 1.54) is 6.92 Å². The lowest BCUT2D eigenvalue weighted by atomic mass is 10.1. The summed E-state index contributed by atoms with van der Waals surface area (Å²) < 4.78 is 1.15. The summed E-state index contributed by atoms with van der Waals surface area (Å²) in [6, 6.07) is 22.0. The van der Waals surface area contributed by atoms with Crippen LogP contribution in [0.3, 0.4) is 0 Å². The molecule has 0 aliphatic rings. The Morgan fingerprint density at radius 3 is 2.04 bits per heavy atom. The first kappa shape index (κ1) is 17.9. The second-order valence-corrected chi connectivity index (χ2v) is 7.31. The normalized spacial score (nSPS) is 10.6. The fraction of sp³-hybridized carbons (Fsp3) is 0.0455. The Labute approximate surface area is 166 Å². The quantitative estimate of drug-likeness (QED) is 0.434. The van der Waals surface area contributed by atoms with Crippen molar-refractivity contribution in [2.75, 3.05) is 10.6 Å². The van der Waals surface area contributed by atoms with Gasteiger partial charge in [0.2, 0.25) is 0 Å².